The molecule has 204 valence electrons. The summed E-state index contributed by atoms with van der Waals surface area (Å²) in [5, 5.41) is 0. The second-order valence-corrected chi connectivity index (χ2v) is 10.5. The Morgan fingerprint density at radius 2 is 1.72 bits per heavy atom. The van der Waals surface area contributed by atoms with Gasteiger partial charge in [0.2, 0.25) is 0 Å². The summed E-state index contributed by atoms with van der Waals surface area (Å²) >= 11 is 0. The topological polar surface area (TPSA) is 101 Å². The summed E-state index contributed by atoms with van der Waals surface area (Å²) in [6.45, 7) is 6.03. The predicted molar refractivity (Wildman–Crippen MR) is 151 cm³/mol. The summed E-state index contributed by atoms with van der Waals surface area (Å²) in [6.07, 6.45) is 4.56. The Hall–Kier alpha value is -3.69. The van der Waals surface area contributed by atoms with E-state index in [1.54, 1.807) is 7.11 Å². The molecule has 9 heteroatoms. The van der Waals surface area contributed by atoms with Gasteiger partial charge in [0.05, 0.1) is 20.3 Å². The highest BCUT2D eigenvalue weighted by atomic mass is 16.5. The SMILES string of the molecule is COc1nc2c(N)nc(OCC3CCOCC3)nc2n1Cc1ccc(-c2cccc(CN3CCCC3)c2)cc1. The van der Waals surface area contributed by atoms with E-state index in [9.17, 15) is 0 Å². The molecule has 0 bridgehead atoms. The van der Waals surface area contributed by atoms with Crippen LogP contribution < -0.4 is 15.2 Å². The summed E-state index contributed by atoms with van der Waals surface area (Å²) in [5.41, 5.74) is 12.3. The average molecular weight is 529 g/mol. The lowest BCUT2D eigenvalue weighted by molar-refractivity contribution is 0.0483. The van der Waals surface area contributed by atoms with Crippen molar-refractivity contribution in [1.82, 2.24) is 24.4 Å². The summed E-state index contributed by atoms with van der Waals surface area (Å²) in [7, 11) is 1.60. The third kappa shape index (κ3) is 5.84. The lowest BCUT2D eigenvalue weighted by Crippen LogP contribution is -2.22. The van der Waals surface area contributed by atoms with Crippen LogP contribution in [0.3, 0.4) is 0 Å². The number of imidazole rings is 1. The summed E-state index contributed by atoms with van der Waals surface area (Å²) in [4.78, 5) is 16.1. The van der Waals surface area contributed by atoms with Gasteiger partial charge in [-0.05, 0) is 73.0 Å². The van der Waals surface area contributed by atoms with E-state index in [4.69, 9.17) is 19.9 Å². The van der Waals surface area contributed by atoms with Gasteiger partial charge < -0.3 is 19.9 Å². The molecule has 2 saturated heterocycles. The number of aromatic nitrogens is 4. The van der Waals surface area contributed by atoms with Gasteiger partial charge in [0.15, 0.2) is 17.0 Å². The fourth-order valence-electron chi connectivity index (χ4n) is 5.48. The van der Waals surface area contributed by atoms with Gasteiger partial charge in [0.1, 0.15) is 0 Å². The molecule has 4 aromatic rings. The third-order valence-corrected chi connectivity index (χ3v) is 7.70. The van der Waals surface area contributed by atoms with Crippen LogP contribution in [-0.4, -0.2) is 64.4 Å². The number of fused-ring (bicyclic) bond motifs is 1. The third-order valence-electron chi connectivity index (χ3n) is 7.70. The molecule has 2 aromatic heterocycles. The number of hydrogen-bond donors (Lipinski definition) is 1. The van der Waals surface area contributed by atoms with Gasteiger partial charge in [-0.1, -0.05) is 42.5 Å². The number of nitrogen functional groups attached to an aromatic ring is 1. The molecule has 9 nitrogen and oxygen atoms in total. The van der Waals surface area contributed by atoms with Crippen molar-refractivity contribution in [3.05, 3.63) is 59.7 Å². The number of benzene rings is 2. The van der Waals surface area contributed by atoms with Crippen LogP contribution in [0, 0.1) is 5.92 Å². The van der Waals surface area contributed by atoms with E-state index in [-0.39, 0.29) is 11.8 Å². The fourth-order valence-corrected chi connectivity index (χ4v) is 5.48. The zero-order chi connectivity index (χ0) is 26.6. The highest BCUT2D eigenvalue weighted by Gasteiger charge is 2.20. The van der Waals surface area contributed by atoms with E-state index in [0.29, 0.717) is 36.2 Å². The number of ether oxygens (including phenoxy) is 3. The first kappa shape index (κ1) is 25.6. The minimum atomic E-state index is 0.263. The van der Waals surface area contributed by atoms with Crippen LogP contribution in [0.2, 0.25) is 0 Å². The molecule has 0 unspecified atom stereocenters. The molecule has 2 N–H and O–H groups in total. The van der Waals surface area contributed by atoms with E-state index >= 15 is 0 Å². The minimum absolute atomic E-state index is 0.263. The molecule has 2 aromatic carbocycles. The molecular formula is C30H36N6O3. The predicted octanol–water partition coefficient (Wildman–Crippen LogP) is 4.53. The van der Waals surface area contributed by atoms with Crippen LogP contribution >= 0.6 is 0 Å². The largest absolute Gasteiger partial charge is 0.468 e. The maximum absolute atomic E-state index is 6.26. The maximum atomic E-state index is 6.26. The van der Waals surface area contributed by atoms with Crippen molar-refractivity contribution in [3.63, 3.8) is 0 Å². The van der Waals surface area contributed by atoms with Gasteiger partial charge in [0, 0.05) is 19.8 Å². The Bertz CT molecular complexity index is 1410. The maximum Gasteiger partial charge on any atom is 0.320 e. The Labute approximate surface area is 228 Å². The quantitative estimate of drug-likeness (QED) is 0.338. The Kier molecular flexibility index (Phi) is 7.60. The molecule has 0 saturated carbocycles. The fraction of sp³-hybridized carbons (Fsp3) is 0.433. The molecule has 2 fully saturated rings. The van der Waals surface area contributed by atoms with Crippen LogP contribution in [0.5, 0.6) is 12.0 Å². The van der Waals surface area contributed by atoms with Crippen molar-refractivity contribution in [2.75, 3.05) is 45.8 Å². The van der Waals surface area contributed by atoms with E-state index in [2.05, 4.69) is 68.4 Å². The lowest BCUT2D eigenvalue weighted by atomic mass is 10.0. The van der Waals surface area contributed by atoms with Gasteiger partial charge >= 0.3 is 6.01 Å². The molecule has 6 rings (SSSR count). The molecule has 39 heavy (non-hydrogen) atoms. The first-order valence-electron chi connectivity index (χ1n) is 13.8. The smallest absolute Gasteiger partial charge is 0.320 e. The second kappa shape index (κ2) is 11.6. The second-order valence-electron chi connectivity index (χ2n) is 10.5. The summed E-state index contributed by atoms with van der Waals surface area (Å²) in [5.74, 6) is 0.710. The van der Waals surface area contributed by atoms with Gasteiger partial charge in [-0.15, -0.1) is 0 Å². The monoisotopic (exact) mass is 528 g/mol. The van der Waals surface area contributed by atoms with Crippen LogP contribution in [0.1, 0.15) is 36.8 Å². The van der Waals surface area contributed by atoms with E-state index in [1.807, 2.05) is 4.57 Å². The number of nitrogens with two attached hydrogens (primary N) is 1. The zero-order valence-corrected chi connectivity index (χ0v) is 22.5. The van der Waals surface area contributed by atoms with Crippen molar-refractivity contribution in [2.45, 2.75) is 38.8 Å². The molecule has 0 amide bonds. The van der Waals surface area contributed by atoms with Crippen molar-refractivity contribution in [3.8, 4) is 23.1 Å². The van der Waals surface area contributed by atoms with Gasteiger partial charge in [-0.2, -0.15) is 15.0 Å². The minimum Gasteiger partial charge on any atom is -0.468 e. The Balaban J connectivity index is 1.20. The van der Waals surface area contributed by atoms with E-state index in [0.717, 1.165) is 38.2 Å². The van der Waals surface area contributed by atoms with Crippen LogP contribution in [-0.2, 0) is 17.8 Å². The molecule has 0 radical (unpaired) electrons. The molecule has 2 aliphatic heterocycles. The molecule has 0 spiro atoms. The zero-order valence-electron chi connectivity index (χ0n) is 22.5. The molecule has 2 aliphatic rings. The summed E-state index contributed by atoms with van der Waals surface area (Å²) < 4.78 is 18.9. The van der Waals surface area contributed by atoms with E-state index < -0.39 is 0 Å². The lowest BCUT2D eigenvalue weighted by Gasteiger charge is -2.21. The molecule has 4 heterocycles. The van der Waals surface area contributed by atoms with Crippen molar-refractivity contribution < 1.29 is 14.2 Å². The molecular weight excluding hydrogens is 492 g/mol. The summed E-state index contributed by atoms with van der Waals surface area (Å²) in [6, 6.07) is 18.2. The van der Waals surface area contributed by atoms with Crippen molar-refractivity contribution >= 4 is 17.0 Å². The first-order valence-corrected chi connectivity index (χ1v) is 13.8. The number of methoxy groups -OCH3 is 1. The highest BCUT2D eigenvalue weighted by Crippen LogP contribution is 2.28. The van der Waals surface area contributed by atoms with Crippen LogP contribution in [0.15, 0.2) is 48.5 Å². The van der Waals surface area contributed by atoms with Crippen molar-refractivity contribution in [2.24, 2.45) is 5.92 Å². The van der Waals surface area contributed by atoms with Gasteiger partial charge in [-0.3, -0.25) is 9.47 Å². The van der Waals surface area contributed by atoms with Crippen LogP contribution in [0.25, 0.3) is 22.3 Å². The standard InChI is InChI=1S/C30H36N6O3/c1-37-30-32-26-27(31)33-29(39-20-22-11-15-38-16-12-22)34-28(26)36(30)19-21-7-9-24(10-8-21)25-6-4-5-23(17-25)18-35-13-2-3-14-35/h4-10,17,22H,2-3,11-16,18-20H2,1H3,(H2,31,33,34). The number of nitrogens with zero attached hydrogens (tertiary/aromatic N) is 5. The molecule has 0 atom stereocenters. The number of rotatable bonds is 9. The number of anilines is 1. The Morgan fingerprint density at radius 1 is 0.923 bits per heavy atom. The van der Waals surface area contributed by atoms with E-state index in [1.165, 1.54) is 42.6 Å². The van der Waals surface area contributed by atoms with Crippen LogP contribution in [0.4, 0.5) is 5.82 Å². The normalized spacial score (nSPS) is 16.6. The average Bonchev–Trinajstić information content (AvgIpc) is 3.61. The number of likely N-dealkylation sites (tertiary alicyclic amines) is 1. The Morgan fingerprint density at radius 3 is 2.49 bits per heavy atom. The highest BCUT2D eigenvalue weighted by molar-refractivity contribution is 5.83. The molecule has 0 aliphatic carbocycles. The van der Waals surface area contributed by atoms with Gasteiger partial charge in [-0.25, -0.2) is 0 Å². The first-order chi connectivity index (χ1) is 19.2. The van der Waals surface area contributed by atoms with Crippen molar-refractivity contribution in [1.29, 1.82) is 0 Å². The van der Waals surface area contributed by atoms with Gasteiger partial charge in [0.25, 0.3) is 6.01 Å². The number of hydrogen-bond acceptors (Lipinski definition) is 8.